The van der Waals surface area contributed by atoms with E-state index in [0.717, 1.165) is 0 Å². The van der Waals surface area contributed by atoms with Crippen molar-refractivity contribution in [3.63, 3.8) is 0 Å². The number of aliphatic hydroxyl groups excluding tert-OH is 1. The van der Waals surface area contributed by atoms with E-state index in [1.165, 1.54) is 7.11 Å². The molecule has 0 aliphatic rings. The van der Waals surface area contributed by atoms with Crippen LogP contribution in [0.5, 0.6) is 0 Å². The van der Waals surface area contributed by atoms with E-state index in [0.29, 0.717) is 33.1 Å². The molecule has 0 aromatic carbocycles. The van der Waals surface area contributed by atoms with Crippen LogP contribution >= 0.6 is 0 Å². The number of rotatable bonds is 11. The molecule has 0 bridgehead atoms. The Morgan fingerprint density at radius 1 is 1.25 bits per heavy atom. The van der Waals surface area contributed by atoms with Crippen molar-refractivity contribution in [1.82, 2.24) is 10.6 Å². The number of carbonyl (C=O) groups excluding carboxylic acids is 1. The molecule has 0 aromatic rings. The second kappa shape index (κ2) is 12.3. The van der Waals surface area contributed by atoms with Gasteiger partial charge in [0.25, 0.3) is 0 Å². The van der Waals surface area contributed by atoms with Crippen molar-refractivity contribution >= 4 is 5.91 Å². The second-order valence-electron chi connectivity index (χ2n) is 2.86. The number of carbonyl (C=O) groups is 1. The lowest BCUT2D eigenvalue weighted by molar-refractivity contribution is -0.124. The lowest BCUT2D eigenvalue weighted by Gasteiger charge is -2.06. The minimum Gasteiger partial charge on any atom is -0.381 e. The number of hydrogen-bond acceptors (Lipinski definition) is 6. The van der Waals surface area contributed by atoms with Crippen LogP contribution in [-0.2, 0) is 19.0 Å². The Kier molecular flexibility index (Phi) is 11.8. The van der Waals surface area contributed by atoms with Gasteiger partial charge in [-0.3, -0.25) is 10.1 Å². The molecule has 0 aliphatic carbocycles. The zero-order valence-electron chi connectivity index (χ0n) is 9.53. The SMILES string of the molecule is COCC(=O)NCCOCCOCNCO. The smallest absolute Gasteiger partial charge is 0.246 e. The Bertz CT molecular complexity index is 168. The summed E-state index contributed by atoms with van der Waals surface area (Å²) in [4.78, 5) is 10.9. The van der Waals surface area contributed by atoms with E-state index in [1.807, 2.05) is 0 Å². The summed E-state index contributed by atoms with van der Waals surface area (Å²) in [5.41, 5.74) is 0. The number of ether oxygens (including phenoxy) is 3. The van der Waals surface area contributed by atoms with E-state index < -0.39 is 0 Å². The molecule has 3 N–H and O–H groups in total. The van der Waals surface area contributed by atoms with E-state index in [1.54, 1.807) is 0 Å². The fraction of sp³-hybridized carbons (Fsp3) is 0.889. The zero-order valence-corrected chi connectivity index (χ0v) is 9.53. The Hall–Kier alpha value is -0.730. The largest absolute Gasteiger partial charge is 0.381 e. The van der Waals surface area contributed by atoms with Crippen molar-refractivity contribution in [3.8, 4) is 0 Å². The summed E-state index contributed by atoms with van der Waals surface area (Å²) in [6.45, 7) is 2.04. The molecule has 0 saturated carbocycles. The first-order valence-corrected chi connectivity index (χ1v) is 5.04. The normalized spacial score (nSPS) is 10.4. The number of hydrogen-bond donors (Lipinski definition) is 3. The van der Waals surface area contributed by atoms with E-state index in [-0.39, 0.29) is 19.2 Å². The first-order valence-electron chi connectivity index (χ1n) is 5.04. The van der Waals surface area contributed by atoms with Gasteiger partial charge < -0.3 is 24.6 Å². The molecule has 7 heteroatoms. The van der Waals surface area contributed by atoms with Gasteiger partial charge in [-0.2, -0.15) is 0 Å². The monoisotopic (exact) mass is 236 g/mol. The molecular formula is C9H20N2O5. The maximum atomic E-state index is 10.9. The number of methoxy groups -OCH3 is 1. The molecule has 0 fully saturated rings. The molecular weight excluding hydrogens is 216 g/mol. The van der Waals surface area contributed by atoms with E-state index in [4.69, 9.17) is 14.6 Å². The van der Waals surface area contributed by atoms with Crippen LogP contribution in [0.3, 0.4) is 0 Å². The van der Waals surface area contributed by atoms with Gasteiger partial charge in [0.1, 0.15) is 6.61 Å². The molecule has 0 rings (SSSR count). The summed E-state index contributed by atoms with van der Waals surface area (Å²) in [6, 6.07) is 0. The van der Waals surface area contributed by atoms with Crippen LogP contribution in [0.2, 0.25) is 0 Å². The average molecular weight is 236 g/mol. The Labute approximate surface area is 95.1 Å². The van der Waals surface area contributed by atoms with Gasteiger partial charge in [0.2, 0.25) is 5.91 Å². The molecule has 0 heterocycles. The van der Waals surface area contributed by atoms with Crippen molar-refractivity contribution < 1.29 is 24.1 Å². The van der Waals surface area contributed by atoms with Gasteiger partial charge in [-0.15, -0.1) is 0 Å². The highest BCUT2D eigenvalue weighted by Crippen LogP contribution is 1.77. The maximum absolute atomic E-state index is 10.9. The standard InChI is InChI=1S/C9H20N2O5/c1-14-6-9(13)11-2-3-15-4-5-16-8-10-7-12/h10,12H,2-8H2,1H3,(H,11,13). The molecule has 0 aliphatic heterocycles. The van der Waals surface area contributed by atoms with E-state index in [2.05, 4.69) is 15.4 Å². The number of amides is 1. The first-order chi connectivity index (χ1) is 7.81. The molecule has 0 aromatic heterocycles. The van der Waals surface area contributed by atoms with Crippen LogP contribution in [0.25, 0.3) is 0 Å². The fourth-order valence-corrected chi connectivity index (χ4v) is 0.855. The highest BCUT2D eigenvalue weighted by molar-refractivity contribution is 5.77. The Morgan fingerprint density at radius 3 is 2.69 bits per heavy atom. The first kappa shape index (κ1) is 15.3. The van der Waals surface area contributed by atoms with E-state index in [9.17, 15) is 4.79 Å². The fourth-order valence-electron chi connectivity index (χ4n) is 0.855. The highest BCUT2D eigenvalue weighted by Gasteiger charge is 1.97. The maximum Gasteiger partial charge on any atom is 0.246 e. The van der Waals surface area contributed by atoms with E-state index >= 15 is 0 Å². The molecule has 0 saturated heterocycles. The van der Waals surface area contributed by atoms with Crippen LogP contribution in [0, 0.1) is 0 Å². The van der Waals surface area contributed by atoms with Gasteiger partial charge in [-0.1, -0.05) is 0 Å². The van der Waals surface area contributed by atoms with Gasteiger partial charge >= 0.3 is 0 Å². The second-order valence-corrected chi connectivity index (χ2v) is 2.86. The van der Waals surface area contributed by atoms with Crippen molar-refractivity contribution in [2.45, 2.75) is 0 Å². The van der Waals surface area contributed by atoms with Crippen LogP contribution < -0.4 is 10.6 Å². The summed E-state index contributed by atoms with van der Waals surface area (Å²) >= 11 is 0. The van der Waals surface area contributed by atoms with Crippen molar-refractivity contribution in [2.24, 2.45) is 0 Å². The van der Waals surface area contributed by atoms with Gasteiger partial charge in [0.05, 0.1) is 33.3 Å². The summed E-state index contributed by atoms with van der Waals surface area (Å²) < 4.78 is 14.8. The summed E-state index contributed by atoms with van der Waals surface area (Å²) in [6.07, 6.45) is 0. The molecule has 7 nitrogen and oxygen atoms in total. The van der Waals surface area contributed by atoms with Crippen molar-refractivity contribution in [2.75, 3.05) is 53.5 Å². The van der Waals surface area contributed by atoms with Gasteiger partial charge in [0.15, 0.2) is 0 Å². The molecule has 0 unspecified atom stereocenters. The molecule has 0 radical (unpaired) electrons. The number of aliphatic hydroxyl groups is 1. The van der Waals surface area contributed by atoms with Gasteiger partial charge in [-0.25, -0.2) is 0 Å². The third-order valence-electron chi connectivity index (χ3n) is 1.53. The zero-order chi connectivity index (χ0) is 12.1. The Morgan fingerprint density at radius 2 is 2.00 bits per heavy atom. The van der Waals surface area contributed by atoms with Crippen LogP contribution in [0.15, 0.2) is 0 Å². The van der Waals surface area contributed by atoms with Crippen LogP contribution in [0.4, 0.5) is 0 Å². The van der Waals surface area contributed by atoms with Gasteiger partial charge in [-0.05, 0) is 0 Å². The molecule has 16 heavy (non-hydrogen) atoms. The minimum absolute atomic E-state index is 0.0654. The van der Waals surface area contributed by atoms with Crippen LogP contribution in [0.1, 0.15) is 0 Å². The minimum atomic E-state index is -0.158. The summed E-state index contributed by atoms with van der Waals surface area (Å²) in [5.74, 6) is -0.158. The number of nitrogens with one attached hydrogen (secondary N) is 2. The topological polar surface area (TPSA) is 89.1 Å². The average Bonchev–Trinajstić information content (AvgIpc) is 2.27. The van der Waals surface area contributed by atoms with Crippen molar-refractivity contribution in [1.29, 1.82) is 0 Å². The lowest BCUT2D eigenvalue weighted by atomic mass is 10.6. The molecule has 0 atom stereocenters. The summed E-state index contributed by atoms with van der Waals surface area (Å²) in [5, 5.41) is 13.6. The van der Waals surface area contributed by atoms with Gasteiger partial charge in [0, 0.05) is 13.7 Å². The predicted molar refractivity (Wildman–Crippen MR) is 56.7 cm³/mol. The third kappa shape index (κ3) is 11.3. The third-order valence-corrected chi connectivity index (χ3v) is 1.53. The molecule has 1 amide bonds. The Balaban J connectivity index is 3.01. The van der Waals surface area contributed by atoms with Crippen LogP contribution in [-0.4, -0.2) is 64.6 Å². The molecule has 96 valence electrons. The quantitative estimate of drug-likeness (QED) is 0.292. The molecule has 0 spiro atoms. The van der Waals surface area contributed by atoms with Crippen molar-refractivity contribution in [3.05, 3.63) is 0 Å². The summed E-state index contributed by atoms with van der Waals surface area (Å²) in [7, 11) is 1.47. The highest BCUT2D eigenvalue weighted by atomic mass is 16.5. The predicted octanol–water partition coefficient (Wildman–Crippen LogP) is -1.72. The lowest BCUT2D eigenvalue weighted by Crippen LogP contribution is -2.30.